The number of hydrogen-bond acceptors (Lipinski definition) is 4. The van der Waals surface area contributed by atoms with Crippen LogP contribution in [0.2, 0.25) is 0 Å². The van der Waals surface area contributed by atoms with Crippen molar-refractivity contribution in [1.29, 1.82) is 0 Å². The molecule has 2 unspecified atom stereocenters. The highest BCUT2D eigenvalue weighted by molar-refractivity contribution is 5.83. The van der Waals surface area contributed by atoms with Gasteiger partial charge in [-0.1, -0.05) is 0 Å². The Labute approximate surface area is 118 Å². The van der Waals surface area contributed by atoms with Crippen LogP contribution in [0.1, 0.15) is 33.1 Å². The highest BCUT2D eigenvalue weighted by atomic mass is 16.5. The number of carbonyl (C=O) groups excluding carboxylic acids is 1. The topological polar surface area (TPSA) is 99.1 Å². The number of nitrogens with zero attached hydrogens (tertiary/aromatic N) is 1. The number of β-amino-alcohol motifs (C(OH)–C–C–N with tert-alkyl or cyclic N) is 1. The average molecular weight is 288 g/mol. The molecule has 1 rings (SSSR count). The fraction of sp³-hybridized carbons (Fsp3) is 0.846. The number of amides is 2. The molecule has 7 heteroatoms. The molecule has 1 heterocycles. The van der Waals surface area contributed by atoms with Crippen molar-refractivity contribution in [2.75, 3.05) is 19.7 Å². The van der Waals surface area contributed by atoms with Crippen molar-refractivity contribution < 1.29 is 24.5 Å². The fourth-order valence-electron chi connectivity index (χ4n) is 2.12. The SMILES string of the molecule is CC(C)OCCCCNC(=O)N1CC(O)CC1C(=O)O. The first-order valence-corrected chi connectivity index (χ1v) is 6.98. The number of hydrogen-bond donors (Lipinski definition) is 3. The van der Waals surface area contributed by atoms with Crippen molar-refractivity contribution in [2.24, 2.45) is 0 Å². The summed E-state index contributed by atoms with van der Waals surface area (Å²) in [6.07, 6.45) is 1.13. The van der Waals surface area contributed by atoms with Gasteiger partial charge in [0.15, 0.2) is 0 Å². The molecule has 2 atom stereocenters. The minimum atomic E-state index is -1.08. The summed E-state index contributed by atoms with van der Waals surface area (Å²) in [7, 11) is 0. The molecule has 7 nitrogen and oxygen atoms in total. The van der Waals surface area contributed by atoms with Crippen molar-refractivity contribution >= 4 is 12.0 Å². The zero-order chi connectivity index (χ0) is 15.1. The number of nitrogens with one attached hydrogen (secondary N) is 1. The largest absolute Gasteiger partial charge is 0.480 e. The maximum absolute atomic E-state index is 11.9. The molecule has 1 aliphatic rings. The van der Waals surface area contributed by atoms with Gasteiger partial charge in [0.1, 0.15) is 6.04 Å². The molecule has 0 bridgehead atoms. The average Bonchev–Trinajstić information content (AvgIpc) is 2.75. The molecule has 0 aliphatic carbocycles. The van der Waals surface area contributed by atoms with Crippen molar-refractivity contribution in [1.82, 2.24) is 10.2 Å². The van der Waals surface area contributed by atoms with E-state index >= 15 is 0 Å². The van der Waals surface area contributed by atoms with Crippen LogP contribution in [0.3, 0.4) is 0 Å². The molecular weight excluding hydrogens is 264 g/mol. The number of likely N-dealkylation sites (tertiary alicyclic amines) is 1. The van der Waals surface area contributed by atoms with E-state index in [0.29, 0.717) is 13.2 Å². The van der Waals surface area contributed by atoms with Gasteiger partial charge in [-0.25, -0.2) is 9.59 Å². The molecule has 116 valence electrons. The quantitative estimate of drug-likeness (QED) is 0.590. The summed E-state index contributed by atoms with van der Waals surface area (Å²) < 4.78 is 5.38. The van der Waals surface area contributed by atoms with Crippen LogP contribution in [0.15, 0.2) is 0 Å². The third kappa shape index (κ3) is 5.34. The Morgan fingerprint density at radius 3 is 2.70 bits per heavy atom. The van der Waals surface area contributed by atoms with Crippen LogP contribution < -0.4 is 5.32 Å². The third-order valence-corrected chi connectivity index (χ3v) is 3.12. The number of unbranched alkanes of at least 4 members (excludes halogenated alkanes) is 1. The molecule has 2 amide bonds. The van der Waals surface area contributed by atoms with Gasteiger partial charge >= 0.3 is 12.0 Å². The first-order chi connectivity index (χ1) is 9.41. The van der Waals surface area contributed by atoms with Crippen molar-refractivity contribution in [3.05, 3.63) is 0 Å². The van der Waals surface area contributed by atoms with Crippen LogP contribution in [0, 0.1) is 0 Å². The summed E-state index contributed by atoms with van der Waals surface area (Å²) in [5, 5.41) is 21.1. The summed E-state index contributed by atoms with van der Waals surface area (Å²) in [5.74, 6) is -1.08. The van der Waals surface area contributed by atoms with Gasteiger partial charge in [-0.2, -0.15) is 0 Å². The van der Waals surface area contributed by atoms with Crippen LogP contribution >= 0.6 is 0 Å². The lowest BCUT2D eigenvalue weighted by atomic mass is 10.2. The van der Waals surface area contributed by atoms with E-state index in [1.54, 1.807) is 0 Å². The normalized spacial score (nSPS) is 22.3. The van der Waals surface area contributed by atoms with Crippen molar-refractivity contribution in [3.8, 4) is 0 Å². The Balaban J connectivity index is 2.23. The molecule has 1 aliphatic heterocycles. The van der Waals surface area contributed by atoms with Gasteiger partial charge in [0.25, 0.3) is 0 Å². The zero-order valence-corrected chi connectivity index (χ0v) is 12.0. The van der Waals surface area contributed by atoms with Gasteiger partial charge in [-0.3, -0.25) is 0 Å². The Bertz CT molecular complexity index is 335. The lowest BCUT2D eigenvalue weighted by molar-refractivity contribution is -0.141. The first kappa shape index (κ1) is 16.7. The molecular formula is C13H24N2O5. The number of ether oxygens (including phenoxy) is 1. The van der Waals surface area contributed by atoms with Crippen LogP contribution in [0.4, 0.5) is 4.79 Å². The molecule has 3 N–H and O–H groups in total. The highest BCUT2D eigenvalue weighted by Crippen LogP contribution is 2.18. The van der Waals surface area contributed by atoms with Crippen LogP contribution in [0.5, 0.6) is 0 Å². The fourth-order valence-corrected chi connectivity index (χ4v) is 2.12. The minimum Gasteiger partial charge on any atom is -0.480 e. The van der Waals surface area contributed by atoms with Gasteiger partial charge in [-0.15, -0.1) is 0 Å². The summed E-state index contributed by atoms with van der Waals surface area (Å²) in [6.45, 7) is 5.12. The number of carboxylic acids is 1. The summed E-state index contributed by atoms with van der Waals surface area (Å²) >= 11 is 0. The van der Waals surface area contributed by atoms with E-state index in [0.717, 1.165) is 12.8 Å². The molecule has 1 fully saturated rings. The van der Waals surface area contributed by atoms with Crippen molar-refractivity contribution in [2.45, 2.75) is 51.4 Å². The monoisotopic (exact) mass is 288 g/mol. The number of urea groups is 1. The third-order valence-electron chi connectivity index (χ3n) is 3.12. The number of carbonyl (C=O) groups is 2. The molecule has 0 aromatic heterocycles. The molecule has 0 aromatic rings. The minimum absolute atomic E-state index is 0.0687. The predicted molar refractivity (Wildman–Crippen MR) is 72.5 cm³/mol. The summed E-state index contributed by atoms with van der Waals surface area (Å²) in [6, 6.07) is -1.37. The number of aliphatic carboxylic acids is 1. The molecule has 0 saturated carbocycles. The second-order valence-corrected chi connectivity index (χ2v) is 5.25. The molecule has 1 saturated heterocycles. The zero-order valence-electron chi connectivity index (χ0n) is 12.0. The number of carboxylic acid groups (broad SMARTS) is 1. The van der Waals surface area contributed by atoms with E-state index in [-0.39, 0.29) is 19.1 Å². The van der Waals surface area contributed by atoms with Gasteiger partial charge in [0, 0.05) is 26.1 Å². The summed E-state index contributed by atoms with van der Waals surface area (Å²) in [4.78, 5) is 24.0. The lowest BCUT2D eigenvalue weighted by Crippen LogP contribution is -2.46. The van der Waals surface area contributed by atoms with Crippen LogP contribution in [0.25, 0.3) is 0 Å². The van der Waals surface area contributed by atoms with Gasteiger partial charge in [0.05, 0.1) is 12.2 Å². The number of rotatable bonds is 7. The Morgan fingerprint density at radius 1 is 1.40 bits per heavy atom. The maximum atomic E-state index is 11.9. The Kier molecular flexibility index (Phi) is 6.74. The smallest absolute Gasteiger partial charge is 0.326 e. The van der Waals surface area contributed by atoms with Gasteiger partial charge < -0.3 is 25.2 Å². The highest BCUT2D eigenvalue weighted by Gasteiger charge is 2.38. The molecule has 20 heavy (non-hydrogen) atoms. The maximum Gasteiger partial charge on any atom is 0.326 e. The van der Waals surface area contributed by atoms with Crippen molar-refractivity contribution in [3.63, 3.8) is 0 Å². The summed E-state index contributed by atoms with van der Waals surface area (Å²) in [5.41, 5.74) is 0. The van der Waals surface area contributed by atoms with Gasteiger partial charge in [-0.05, 0) is 26.7 Å². The van der Waals surface area contributed by atoms with E-state index in [4.69, 9.17) is 9.84 Å². The van der Waals surface area contributed by atoms with Gasteiger partial charge in [0.2, 0.25) is 0 Å². The predicted octanol–water partition coefficient (Wildman–Crippen LogP) is 0.421. The van der Waals surface area contributed by atoms with E-state index in [9.17, 15) is 14.7 Å². The van der Waals surface area contributed by atoms with E-state index in [1.165, 1.54) is 4.90 Å². The van der Waals surface area contributed by atoms with E-state index in [2.05, 4.69) is 5.32 Å². The van der Waals surface area contributed by atoms with E-state index in [1.807, 2.05) is 13.8 Å². The number of aliphatic hydroxyl groups excluding tert-OH is 1. The Hall–Kier alpha value is -1.34. The van der Waals surface area contributed by atoms with E-state index < -0.39 is 24.1 Å². The van der Waals surface area contributed by atoms with Crippen LogP contribution in [-0.2, 0) is 9.53 Å². The molecule has 0 radical (unpaired) electrons. The molecule has 0 spiro atoms. The first-order valence-electron chi connectivity index (χ1n) is 6.98. The lowest BCUT2D eigenvalue weighted by Gasteiger charge is -2.21. The number of aliphatic hydroxyl groups is 1. The Morgan fingerprint density at radius 2 is 2.10 bits per heavy atom. The second kappa shape index (κ2) is 8.06. The standard InChI is InChI=1S/C13H24N2O5/c1-9(2)20-6-4-3-5-14-13(19)15-8-10(16)7-11(15)12(17)18/h9-11,16H,3-8H2,1-2H3,(H,14,19)(H,17,18). The van der Waals surface area contributed by atoms with Crippen LogP contribution in [-0.4, -0.2) is 65.1 Å². The second-order valence-electron chi connectivity index (χ2n) is 5.25. The molecule has 0 aromatic carbocycles.